The third-order valence-corrected chi connectivity index (χ3v) is 5.66. The lowest BCUT2D eigenvalue weighted by molar-refractivity contribution is 0.112. The van der Waals surface area contributed by atoms with Crippen LogP contribution < -0.4 is 0 Å². The van der Waals surface area contributed by atoms with Crippen molar-refractivity contribution in [2.75, 3.05) is 0 Å². The van der Waals surface area contributed by atoms with E-state index in [4.69, 9.17) is 0 Å². The minimum absolute atomic E-state index is 0.699. The Kier molecular flexibility index (Phi) is 7.89. The van der Waals surface area contributed by atoms with E-state index in [9.17, 15) is 4.79 Å². The van der Waals surface area contributed by atoms with Crippen LogP contribution in [0.5, 0.6) is 0 Å². The van der Waals surface area contributed by atoms with Gasteiger partial charge >= 0.3 is 0 Å². The Morgan fingerprint density at radius 3 is 2.32 bits per heavy atom. The molecule has 0 N–H and O–H groups in total. The fourth-order valence-electron chi connectivity index (χ4n) is 2.87. The zero-order valence-corrected chi connectivity index (χ0v) is 18.3. The van der Waals surface area contributed by atoms with Crippen LogP contribution >= 0.6 is 11.3 Å². The quantitative estimate of drug-likeness (QED) is 0.435. The van der Waals surface area contributed by atoms with Crippen LogP contribution in [0.3, 0.4) is 0 Å². The molecule has 146 valence electrons. The van der Waals surface area contributed by atoms with Crippen LogP contribution in [-0.2, 0) is 6.42 Å². The summed E-state index contributed by atoms with van der Waals surface area (Å²) >= 11 is 1.69. The zero-order valence-electron chi connectivity index (χ0n) is 17.5. The molecule has 0 fully saturated rings. The SMILES string of the molecule is C=Cc1ncc(-c2ccc(CC(C)C)c(C)c2)s1.Cc1ccc(C=O)cc1C. The number of aldehydes is 1. The monoisotopic (exact) mass is 391 g/mol. The van der Waals surface area contributed by atoms with Gasteiger partial charge in [-0.25, -0.2) is 4.98 Å². The predicted octanol–water partition coefficient (Wildman–Crippen LogP) is 7.08. The van der Waals surface area contributed by atoms with Crippen molar-refractivity contribution in [1.29, 1.82) is 0 Å². The van der Waals surface area contributed by atoms with Crippen LogP contribution in [0.25, 0.3) is 16.5 Å². The molecule has 0 aliphatic heterocycles. The van der Waals surface area contributed by atoms with E-state index in [0.717, 1.165) is 23.3 Å². The topological polar surface area (TPSA) is 30.0 Å². The summed E-state index contributed by atoms with van der Waals surface area (Å²) in [5, 5.41) is 0.980. The van der Waals surface area contributed by atoms with Gasteiger partial charge in [0, 0.05) is 11.8 Å². The van der Waals surface area contributed by atoms with Crippen molar-refractivity contribution in [3.63, 3.8) is 0 Å². The van der Waals surface area contributed by atoms with E-state index in [2.05, 4.69) is 50.5 Å². The molecule has 28 heavy (non-hydrogen) atoms. The first-order valence-electron chi connectivity index (χ1n) is 9.54. The van der Waals surface area contributed by atoms with Gasteiger partial charge in [-0.1, -0.05) is 50.8 Å². The number of aromatic nitrogens is 1. The number of carbonyl (C=O) groups excluding carboxylic acids is 1. The van der Waals surface area contributed by atoms with Gasteiger partial charge in [-0.2, -0.15) is 0 Å². The van der Waals surface area contributed by atoms with Gasteiger partial charge in [0.1, 0.15) is 11.3 Å². The molecule has 0 spiro atoms. The molecule has 0 saturated carbocycles. The second-order valence-corrected chi connectivity index (χ2v) is 8.53. The summed E-state index contributed by atoms with van der Waals surface area (Å²) in [6.45, 7) is 14.5. The molecule has 0 amide bonds. The van der Waals surface area contributed by atoms with Crippen LogP contribution in [0, 0.1) is 26.7 Å². The Hall–Kier alpha value is -2.52. The molecule has 0 saturated heterocycles. The van der Waals surface area contributed by atoms with Crippen molar-refractivity contribution in [1.82, 2.24) is 4.98 Å². The zero-order chi connectivity index (χ0) is 20.7. The predicted molar refractivity (Wildman–Crippen MR) is 122 cm³/mol. The number of carbonyl (C=O) groups is 1. The van der Waals surface area contributed by atoms with E-state index in [1.807, 2.05) is 38.2 Å². The van der Waals surface area contributed by atoms with E-state index >= 15 is 0 Å². The normalized spacial score (nSPS) is 10.4. The standard InChI is InChI=1S/C16H19NS.C9H10O/c1-5-16-17-10-15(18-16)14-7-6-13(8-11(2)3)12(4)9-14;1-7-3-4-9(6-10)5-8(7)2/h5-7,9-11H,1,8H2,2-4H3;3-6H,1-2H3. The molecule has 0 bridgehead atoms. The Morgan fingerprint density at radius 2 is 1.79 bits per heavy atom. The van der Waals surface area contributed by atoms with Crippen molar-refractivity contribution in [2.45, 2.75) is 41.0 Å². The molecule has 1 aromatic heterocycles. The third kappa shape index (κ3) is 6.00. The Labute approximate surface area is 173 Å². The summed E-state index contributed by atoms with van der Waals surface area (Å²) in [7, 11) is 0. The molecule has 0 unspecified atom stereocenters. The van der Waals surface area contributed by atoms with Crippen molar-refractivity contribution < 1.29 is 4.79 Å². The molecule has 1 heterocycles. The van der Waals surface area contributed by atoms with E-state index in [1.54, 1.807) is 17.4 Å². The minimum atomic E-state index is 0.699. The lowest BCUT2D eigenvalue weighted by atomic mass is 9.97. The maximum atomic E-state index is 10.3. The third-order valence-electron chi connectivity index (χ3n) is 4.62. The van der Waals surface area contributed by atoms with Crippen molar-refractivity contribution in [3.05, 3.63) is 82.0 Å². The summed E-state index contributed by atoms with van der Waals surface area (Å²) in [6.07, 6.45) is 5.74. The molecule has 3 aromatic rings. The molecule has 3 heteroatoms. The highest BCUT2D eigenvalue weighted by atomic mass is 32.1. The van der Waals surface area contributed by atoms with Crippen LogP contribution in [-0.4, -0.2) is 11.3 Å². The number of rotatable bonds is 5. The average molecular weight is 392 g/mol. The van der Waals surface area contributed by atoms with Crippen LogP contribution in [0.4, 0.5) is 0 Å². The number of hydrogen-bond donors (Lipinski definition) is 0. The highest BCUT2D eigenvalue weighted by Gasteiger charge is 2.06. The number of nitrogens with zero attached hydrogens (tertiary/aromatic N) is 1. The summed E-state index contributed by atoms with van der Waals surface area (Å²) in [6, 6.07) is 12.4. The summed E-state index contributed by atoms with van der Waals surface area (Å²) in [5.41, 5.74) is 7.22. The van der Waals surface area contributed by atoms with Crippen LogP contribution in [0.15, 0.2) is 49.2 Å². The van der Waals surface area contributed by atoms with Gasteiger partial charge in [0.05, 0.1) is 4.88 Å². The van der Waals surface area contributed by atoms with E-state index in [1.165, 1.54) is 32.7 Å². The van der Waals surface area contributed by atoms with Crippen molar-refractivity contribution in [3.8, 4) is 10.4 Å². The first kappa shape index (κ1) is 21.8. The van der Waals surface area contributed by atoms with Gasteiger partial charge in [0.15, 0.2) is 0 Å². The van der Waals surface area contributed by atoms with Crippen LogP contribution in [0.2, 0.25) is 0 Å². The molecule has 0 atom stereocenters. The maximum absolute atomic E-state index is 10.3. The Morgan fingerprint density at radius 1 is 1.04 bits per heavy atom. The van der Waals surface area contributed by atoms with Gasteiger partial charge in [0.2, 0.25) is 0 Å². The molecule has 3 rings (SSSR count). The maximum Gasteiger partial charge on any atom is 0.150 e. The molecular weight excluding hydrogens is 362 g/mol. The minimum Gasteiger partial charge on any atom is -0.298 e. The van der Waals surface area contributed by atoms with Gasteiger partial charge in [-0.3, -0.25) is 4.79 Å². The van der Waals surface area contributed by atoms with Gasteiger partial charge in [-0.15, -0.1) is 11.3 Å². The number of benzene rings is 2. The summed E-state index contributed by atoms with van der Waals surface area (Å²) < 4.78 is 0. The average Bonchev–Trinajstić information content (AvgIpc) is 3.15. The molecule has 0 aliphatic carbocycles. The van der Waals surface area contributed by atoms with E-state index in [-0.39, 0.29) is 0 Å². The highest BCUT2D eigenvalue weighted by molar-refractivity contribution is 7.15. The highest BCUT2D eigenvalue weighted by Crippen LogP contribution is 2.28. The Balaban J connectivity index is 0.000000237. The summed E-state index contributed by atoms with van der Waals surface area (Å²) in [5.74, 6) is 0.699. The molecule has 0 radical (unpaired) electrons. The van der Waals surface area contributed by atoms with Gasteiger partial charge in [0.25, 0.3) is 0 Å². The number of thiazole rings is 1. The van der Waals surface area contributed by atoms with Gasteiger partial charge in [-0.05, 0) is 73.1 Å². The van der Waals surface area contributed by atoms with Gasteiger partial charge < -0.3 is 0 Å². The fraction of sp³-hybridized carbons (Fsp3) is 0.280. The van der Waals surface area contributed by atoms with E-state index in [0.29, 0.717) is 5.92 Å². The molecule has 0 aliphatic rings. The lowest BCUT2D eigenvalue weighted by Gasteiger charge is -2.09. The largest absolute Gasteiger partial charge is 0.298 e. The first-order chi connectivity index (χ1) is 13.3. The van der Waals surface area contributed by atoms with Crippen molar-refractivity contribution >= 4 is 23.7 Å². The van der Waals surface area contributed by atoms with Crippen molar-refractivity contribution in [2.24, 2.45) is 5.92 Å². The Bertz CT molecular complexity index is 953. The molecule has 2 nitrogen and oxygen atoms in total. The first-order valence-corrected chi connectivity index (χ1v) is 10.4. The second-order valence-electron chi connectivity index (χ2n) is 7.47. The van der Waals surface area contributed by atoms with Crippen LogP contribution in [0.1, 0.15) is 51.5 Å². The molecule has 2 aromatic carbocycles. The van der Waals surface area contributed by atoms with E-state index < -0.39 is 0 Å². The lowest BCUT2D eigenvalue weighted by Crippen LogP contribution is -1.96. The number of hydrogen-bond acceptors (Lipinski definition) is 3. The number of aryl methyl sites for hydroxylation is 3. The molecular formula is C25H29NOS. The summed E-state index contributed by atoms with van der Waals surface area (Å²) in [4.78, 5) is 15.8. The smallest absolute Gasteiger partial charge is 0.150 e. The second kappa shape index (κ2) is 10.1. The fourth-order valence-corrected chi connectivity index (χ4v) is 3.64.